The predicted molar refractivity (Wildman–Crippen MR) is 132 cm³/mol. The topological polar surface area (TPSA) is 95.3 Å². The second-order valence-corrected chi connectivity index (χ2v) is 9.47. The number of rotatable bonds is 6. The van der Waals surface area contributed by atoms with Crippen molar-refractivity contribution in [1.82, 2.24) is 34.9 Å². The molecule has 1 aromatic carbocycles. The fourth-order valence-corrected chi connectivity index (χ4v) is 4.61. The molecule has 0 saturated carbocycles. The van der Waals surface area contributed by atoms with E-state index in [1.165, 1.54) is 5.56 Å². The molecule has 4 heterocycles. The van der Waals surface area contributed by atoms with E-state index in [2.05, 4.69) is 62.5 Å². The van der Waals surface area contributed by atoms with Crippen LogP contribution in [0.15, 0.2) is 47.4 Å². The van der Waals surface area contributed by atoms with Gasteiger partial charge in [-0.2, -0.15) is 5.21 Å². The largest absolute Gasteiger partial charge is 0.368 e. The van der Waals surface area contributed by atoms with Crippen LogP contribution in [0.4, 0.5) is 5.69 Å². The number of fused-ring (bicyclic) bond motifs is 1. The minimum absolute atomic E-state index is 0.0367. The van der Waals surface area contributed by atoms with E-state index >= 15 is 0 Å². The number of nitrogens with one attached hydrogen (secondary N) is 1. The van der Waals surface area contributed by atoms with Crippen molar-refractivity contribution in [2.45, 2.75) is 33.7 Å². The zero-order valence-corrected chi connectivity index (χ0v) is 19.9. The van der Waals surface area contributed by atoms with Gasteiger partial charge < -0.3 is 4.90 Å². The van der Waals surface area contributed by atoms with Crippen molar-refractivity contribution in [2.24, 2.45) is 5.92 Å². The molecule has 0 aliphatic carbocycles. The first kappa shape index (κ1) is 22.2. The highest BCUT2D eigenvalue weighted by Crippen LogP contribution is 2.31. The SMILES string of the molecule is Cc1ccn2c(=O)cc(CN3CCN(c4cc(CC(C)C)ccc4-c4nn[nH]n4)CC3)nc2c1. The molecule has 1 saturated heterocycles. The Kier molecular flexibility index (Phi) is 6.10. The van der Waals surface area contributed by atoms with Crippen LogP contribution in [0.5, 0.6) is 0 Å². The van der Waals surface area contributed by atoms with E-state index in [1.807, 2.05) is 19.1 Å². The summed E-state index contributed by atoms with van der Waals surface area (Å²) in [7, 11) is 0. The predicted octanol–water partition coefficient (Wildman–Crippen LogP) is 2.70. The van der Waals surface area contributed by atoms with E-state index in [-0.39, 0.29) is 5.56 Å². The molecule has 0 spiro atoms. The molecule has 176 valence electrons. The quantitative estimate of drug-likeness (QED) is 0.475. The molecule has 34 heavy (non-hydrogen) atoms. The van der Waals surface area contributed by atoms with Gasteiger partial charge in [-0.25, -0.2) is 4.98 Å². The second-order valence-electron chi connectivity index (χ2n) is 9.47. The Bertz CT molecular complexity index is 1340. The molecule has 0 amide bonds. The summed E-state index contributed by atoms with van der Waals surface area (Å²) in [6, 6.07) is 12.1. The van der Waals surface area contributed by atoms with E-state index in [9.17, 15) is 4.79 Å². The minimum Gasteiger partial charge on any atom is -0.368 e. The van der Waals surface area contributed by atoms with Crippen LogP contribution in [0, 0.1) is 12.8 Å². The van der Waals surface area contributed by atoms with E-state index in [0.717, 1.165) is 55.1 Å². The third-order valence-corrected chi connectivity index (χ3v) is 6.27. The lowest BCUT2D eigenvalue weighted by Gasteiger charge is -2.36. The summed E-state index contributed by atoms with van der Waals surface area (Å²) in [4.78, 5) is 22.0. The summed E-state index contributed by atoms with van der Waals surface area (Å²) in [6.45, 7) is 10.7. The number of pyridine rings is 1. The lowest BCUT2D eigenvalue weighted by atomic mass is 9.99. The Balaban J connectivity index is 1.33. The number of aryl methyl sites for hydroxylation is 1. The maximum absolute atomic E-state index is 12.5. The number of aromatic nitrogens is 6. The molecule has 0 unspecified atom stereocenters. The van der Waals surface area contributed by atoms with Crippen molar-refractivity contribution in [2.75, 3.05) is 31.1 Å². The highest BCUT2D eigenvalue weighted by atomic mass is 16.1. The Morgan fingerprint density at radius 3 is 2.62 bits per heavy atom. The molecule has 1 aliphatic rings. The van der Waals surface area contributed by atoms with Gasteiger partial charge in [0.1, 0.15) is 5.65 Å². The van der Waals surface area contributed by atoms with Crippen molar-refractivity contribution in [3.8, 4) is 11.4 Å². The summed E-state index contributed by atoms with van der Waals surface area (Å²) in [6.07, 6.45) is 2.82. The van der Waals surface area contributed by atoms with Crippen molar-refractivity contribution in [1.29, 1.82) is 0 Å². The number of aromatic amines is 1. The van der Waals surface area contributed by atoms with Gasteiger partial charge in [0.15, 0.2) is 0 Å². The molecule has 1 fully saturated rings. The molecular weight excluding hydrogens is 428 g/mol. The standard InChI is InChI=1S/C25H30N8O/c1-17(2)12-19-4-5-21(25-27-29-30-28-25)22(14-19)32-10-8-31(9-11-32)16-20-15-24(34)33-7-6-18(3)13-23(33)26-20/h4-7,13-15,17H,8-12,16H2,1-3H3,(H,27,28,29,30). The molecule has 3 aromatic heterocycles. The molecule has 0 radical (unpaired) electrons. The molecular formula is C25H30N8O. The van der Waals surface area contributed by atoms with Gasteiger partial charge in [0, 0.05) is 56.2 Å². The van der Waals surface area contributed by atoms with Gasteiger partial charge in [-0.05, 0) is 59.9 Å². The molecule has 9 heteroatoms. The molecule has 4 aromatic rings. The summed E-state index contributed by atoms with van der Waals surface area (Å²) in [5.41, 5.74) is 6.03. The fourth-order valence-electron chi connectivity index (χ4n) is 4.61. The molecule has 0 atom stereocenters. The Morgan fingerprint density at radius 2 is 1.88 bits per heavy atom. The number of H-pyrrole nitrogens is 1. The van der Waals surface area contributed by atoms with Crippen LogP contribution >= 0.6 is 0 Å². The maximum Gasteiger partial charge on any atom is 0.258 e. The molecule has 9 nitrogen and oxygen atoms in total. The number of benzene rings is 1. The fraction of sp³-hybridized carbons (Fsp3) is 0.400. The number of hydrogen-bond acceptors (Lipinski definition) is 7. The van der Waals surface area contributed by atoms with Crippen molar-refractivity contribution < 1.29 is 0 Å². The number of tetrazole rings is 1. The lowest BCUT2D eigenvalue weighted by Crippen LogP contribution is -2.46. The van der Waals surface area contributed by atoms with E-state index in [0.29, 0.717) is 23.9 Å². The Labute approximate surface area is 198 Å². The van der Waals surface area contributed by atoms with Crippen LogP contribution in [-0.2, 0) is 13.0 Å². The van der Waals surface area contributed by atoms with Gasteiger partial charge in [0.25, 0.3) is 5.56 Å². The smallest absolute Gasteiger partial charge is 0.258 e. The normalized spacial score (nSPS) is 14.9. The van der Waals surface area contributed by atoms with Gasteiger partial charge in [0.2, 0.25) is 5.82 Å². The Morgan fingerprint density at radius 1 is 1.06 bits per heavy atom. The first-order chi connectivity index (χ1) is 16.5. The summed E-state index contributed by atoms with van der Waals surface area (Å²) in [5.74, 6) is 1.20. The maximum atomic E-state index is 12.5. The first-order valence-corrected chi connectivity index (χ1v) is 11.8. The highest BCUT2D eigenvalue weighted by molar-refractivity contribution is 5.75. The summed E-state index contributed by atoms with van der Waals surface area (Å²) in [5, 5.41) is 14.8. The highest BCUT2D eigenvalue weighted by Gasteiger charge is 2.22. The number of nitrogens with zero attached hydrogens (tertiary/aromatic N) is 7. The van der Waals surface area contributed by atoms with Crippen LogP contribution in [0.25, 0.3) is 17.0 Å². The van der Waals surface area contributed by atoms with Crippen molar-refractivity contribution >= 4 is 11.3 Å². The van der Waals surface area contributed by atoms with Crippen LogP contribution in [0.3, 0.4) is 0 Å². The number of hydrogen-bond donors (Lipinski definition) is 1. The van der Waals surface area contributed by atoms with Gasteiger partial charge in [-0.1, -0.05) is 19.9 Å². The van der Waals surface area contributed by atoms with Gasteiger partial charge in [-0.3, -0.25) is 14.1 Å². The van der Waals surface area contributed by atoms with Crippen molar-refractivity contribution in [3.63, 3.8) is 0 Å². The molecule has 5 rings (SSSR count). The monoisotopic (exact) mass is 458 g/mol. The zero-order chi connectivity index (χ0) is 23.7. The molecule has 1 aliphatic heterocycles. The summed E-state index contributed by atoms with van der Waals surface area (Å²) >= 11 is 0. The average Bonchev–Trinajstić information content (AvgIpc) is 3.34. The van der Waals surface area contributed by atoms with Crippen LogP contribution in [-0.4, -0.2) is 61.1 Å². The van der Waals surface area contributed by atoms with Gasteiger partial charge >= 0.3 is 0 Å². The van der Waals surface area contributed by atoms with E-state index in [1.54, 1.807) is 16.7 Å². The minimum atomic E-state index is -0.0367. The third-order valence-electron chi connectivity index (χ3n) is 6.27. The summed E-state index contributed by atoms with van der Waals surface area (Å²) < 4.78 is 1.60. The Hall–Kier alpha value is -3.59. The molecule has 1 N–H and O–H groups in total. The van der Waals surface area contributed by atoms with Crippen LogP contribution < -0.4 is 10.5 Å². The van der Waals surface area contributed by atoms with Crippen LogP contribution in [0.2, 0.25) is 0 Å². The van der Waals surface area contributed by atoms with E-state index < -0.39 is 0 Å². The second kappa shape index (κ2) is 9.34. The zero-order valence-electron chi connectivity index (χ0n) is 19.9. The number of anilines is 1. The lowest BCUT2D eigenvalue weighted by molar-refractivity contribution is 0.247. The van der Waals surface area contributed by atoms with Gasteiger partial charge in [-0.15, -0.1) is 10.2 Å². The van der Waals surface area contributed by atoms with Crippen LogP contribution in [0.1, 0.15) is 30.7 Å². The third kappa shape index (κ3) is 4.70. The van der Waals surface area contributed by atoms with E-state index in [4.69, 9.17) is 4.98 Å². The van der Waals surface area contributed by atoms with Crippen molar-refractivity contribution in [3.05, 3.63) is 69.8 Å². The first-order valence-electron chi connectivity index (χ1n) is 11.8. The average molecular weight is 459 g/mol. The number of piperazine rings is 1. The molecule has 0 bridgehead atoms. The van der Waals surface area contributed by atoms with Gasteiger partial charge in [0.05, 0.1) is 5.69 Å².